The van der Waals surface area contributed by atoms with Gasteiger partial charge in [-0.05, 0) is 26.9 Å². The zero-order chi connectivity index (χ0) is 18.4. The first-order valence-electron chi connectivity index (χ1n) is 9.20. The van der Waals surface area contributed by atoms with E-state index in [2.05, 4.69) is 27.3 Å². The highest BCUT2D eigenvalue weighted by Crippen LogP contribution is 2.17. The number of amides is 1. The molecular formula is C19H27N5O2. The first-order chi connectivity index (χ1) is 12.7. The highest BCUT2D eigenvalue weighted by Gasteiger charge is 2.22. The van der Waals surface area contributed by atoms with E-state index >= 15 is 0 Å². The van der Waals surface area contributed by atoms with Gasteiger partial charge in [-0.1, -0.05) is 35.0 Å². The van der Waals surface area contributed by atoms with Gasteiger partial charge in [0.2, 0.25) is 17.6 Å². The van der Waals surface area contributed by atoms with E-state index < -0.39 is 0 Å². The van der Waals surface area contributed by atoms with Crippen LogP contribution >= 0.6 is 0 Å². The van der Waals surface area contributed by atoms with Gasteiger partial charge in [0.25, 0.3) is 0 Å². The quantitative estimate of drug-likeness (QED) is 0.760. The van der Waals surface area contributed by atoms with Crippen LogP contribution in [0.15, 0.2) is 28.8 Å². The number of rotatable bonds is 7. The lowest BCUT2D eigenvalue weighted by Crippen LogP contribution is -2.48. The number of piperazine rings is 1. The molecule has 140 valence electrons. The van der Waals surface area contributed by atoms with E-state index in [1.54, 1.807) is 0 Å². The lowest BCUT2D eigenvalue weighted by molar-refractivity contribution is -0.133. The summed E-state index contributed by atoms with van der Waals surface area (Å²) in [4.78, 5) is 20.9. The van der Waals surface area contributed by atoms with Crippen molar-refractivity contribution in [2.75, 3.05) is 39.8 Å². The Kier molecular flexibility index (Phi) is 6.35. The standard InChI is InChI=1S/C19H27N5O2/c1-15-5-7-16(8-6-15)19-21-17(26-22-19)14-23-10-12-24(13-11-23)18(25)4-3-9-20-2/h5-8,20H,3-4,9-14H2,1-2H3. The lowest BCUT2D eigenvalue weighted by atomic mass is 10.1. The molecule has 2 aromatic rings. The van der Waals surface area contributed by atoms with Crippen LogP contribution in [0.2, 0.25) is 0 Å². The number of aromatic nitrogens is 2. The second-order valence-electron chi connectivity index (χ2n) is 6.74. The topological polar surface area (TPSA) is 74.5 Å². The maximum atomic E-state index is 12.2. The molecule has 1 aromatic heterocycles. The van der Waals surface area contributed by atoms with E-state index in [-0.39, 0.29) is 5.91 Å². The highest BCUT2D eigenvalue weighted by atomic mass is 16.5. The van der Waals surface area contributed by atoms with Crippen molar-refractivity contribution in [3.8, 4) is 11.4 Å². The molecule has 1 aromatic carbocycles. The molecule has 1 fully saturated rings. The fourth-order valence-electron chi connectivity index (χ4n) is 3.06. The molecule has 0 atom stereocenters. The Morgan fingerprint density at radius 1 is 1.19 bits per heavy atom. The van der Waals surface area contributed by atoms with Gasteiger partial charge in [0.05, 0.1) is 6.54 Å². The molecule has 3 rings (SSSR count). The van der Waals surface area contributed by atoms with Crippen LogP contribution in [0.1, 0.15) is 24.3 Å². The van der Waals surface area contributed by atoms with E-state index in [0.29, 0.717) is 24.7 Å². The third-order valence-corrected chi connectivity index (χ3v) is 4.68. The molecule has 7 nitrogen and oxygen atoms in total. The highest BCUT2D eigenvalue weighted by molar-refractivity contribution is 5.76. The van der Waals surface area contributed by atoms with E-state index in [0.717, 1.165) is 44.7 Å². The smallest absolute Gasteiger partial charge is 0.241 e. The minimum Gasteiger partial charge on any atom is -0.340 e. The largest absolute Gasteiger partial charge is 0.340 e. The van der Waals surface area contributed by atoms with E-state index in [1.807, 2.05) is 36.2 Å². The van der Waals surface area contributed by atoms with Crippen LogP contribution in [0.4, 0.5) is 0 Å². The molecule has 7 heteroatoms. The molecule has 1 aliphatic rings. The fourth-order valence-corrected chi connectivity index (χ4v) is 3.06. The van der Waals surface area contributed by atoms with Gasteiger partial charge in [-0.15, -0.1) is 0 Å². The maximum Gasteiger partial charge on any atom is 0.241 e. The van der Waals surface area contributed by atoms with Crippen molar-refractivity contribution in [2.45, 2.75) is 26.3 Å². The van der Waals surface area contributed by atoms with Crippen molar-refractivity contribution in [2.24, 2.45) is 0 Å². The molecule has 0 aliphatic carbocycles. The Bertz CT molecular complexity index is 705. The lowest BCUT2D eigenvalue weighted by Gasteiger charge is -2.34. The minimum atomic E-state index is 0.249. The van der Waals surface area contributed by atoms with Crippen LogP contribution in [0.5, 0.6) is 0 Å². The summed E-state index contributed by atoms with van der Waals surface area (Å²) >= 11 is 0. The summed E-state index contributed by atoms with van der Waals surface area (Å²) in [7, 11) is 1.91. The van der Waals surface area contributed by atoms with E-state index in [9.17, 15) is 4.79 Å². The van der Waals surface area contributed by atoms with Crippen molar-refractivity contribution in [1.29, 1.82) is 0 Å². The van der Waals surface area contributed by atoms with E-state index in [1.165, 1.54) is 5.56 Å². The molecule has 1 amide bonds. The molecule has 1 N–H and O–H groups in total. The summed E-state index contributed by atoms with van der Waals surface area (Å²) in [6.07, 6.45) is 1.50. The zero-order valence-corrected chi connectivity index (χ0v) is 15.6. The molecule has 0 spiro atoms. The molecule has 26 heavy (non-hydrogen) atoms. The van der Waals surface area contributed by atoms with Gasteiger partial charge in [-0.2, -0.15) is 4.98 Å². The van der Waals surface area contributed by atoms with Gasteiger partial charge in [0, 0.05) is 38.2 Å². The normalized spacial score (nSPS) is 15.4. The summed E-state index contributed by atoms with van der Waals surface area (Å²) in [5.74, 6) is 1.49. The first kappa shape index (κ1) is 18.5. The van der Waals surface area contributed by atoms with Gasteiger partial charge < -0.3 is 14.7 Å². The summed E-state index contributed by atoms with van der Waals surface area (Å²) < 4.78 is 5.40. The van der Waals surface area contributed by atoms with E-state index in [4.69, 9.17) is 4.52 Å². The average molecular weight is 357 g/mol. The van der Waals surface area contributed by atoms with Crippen LogP contribution in [0.3, 0.4) is 0 Å². The number of hydrogen-bond donors (Lipinski definition) is 1. The van der Waals surface area contributed by atoms with Gasteiger partial charge in [-0.3, -0.25) is 9.69 Å². The Morgan fingerprint density at radius 2 is 1.92 bits per heavy atom. The summed E-state index contributed by atoms with van der Waals surface area (Å²) in [6.45, 7) is 6.75. The zero-order valence-electron chi connectivity index (χ0n) is 15.6. The van der Waals surface area contributed by atoms with Gasteiger partial charge in [-0.25, -0.2) is 0 Å². The second kappa shape index (κ2) is 8.91. The van der Waals surface area contributed by atoms with Crippen molar-refractivity contribution in [3.63, 3.8) is 0 Å². The van der Waals surface area contributed by atoms with Gasteiger partial charge in [0.15, 0.2) is 0 Å². The molecule has 0 radical (unpaired) electrons. The molecule has 0 bridgehead atoms. The predicted octanol–water partition coefficient (Wildman–Crippen LogP) is 1.69. The number of benzene rings is 1. The Balaban J connectivity index is 1.47. The molecule has 1 saturated heterocycles. The predicted molar refractivity (Wildman–Crippen MR) is 99.5 cm³/mol. The van der Waals surface area contributed by atoms with Crippen molar-refractivity contribution < 1.29 is 9.32 Å². The molecule has 0 unspecified atom stereocenters. The van der Waals surface area contributed by atoms with Gasteiger partial charge in [0.1, 0.15) is 0 Å². The SMILES string of the molecule is CNCCCC(=O)N1CCN(Cc2nc(-c3ccc(C)cc3)no2)CC1. The van der Waals surface area contributed by atoms with Crippen molar-refractivity contribution >= 4 is 5.91 Å². The summed E-state index contributed by atoms with van der Waals surface area (Å²) in [5.41, 5.74) is 2.17. The van der Waals surface area contributed by atoms with Crippen molar-refractivity contribution in [3.05, 3.63) is 35.7 Å². The number of carbonyl (C=O) groups is 1. The fraction of sp³-hybridized carbons (Fsp3) is 0.526. The summed E-state index contributed by atoms with van der Waals surface area (Å²) in [6, 6.07) is 8.08. The molecule has 0 saturated carbocycles. The Hall–Kier alpha value is -2.25. The number of nitrogens with zero attached hydrogens (tertiary/aromatic N) is 4. The van der Waals surface area contributed by atoms with Crippen LogP contribution in [0.25, 0.3) is 11.4 Å². The van der Waals surface area contributed by atoms with Crippen LogP contribution < -0.4 is 5.32 Å². The Labute approximate surface area is 154 Å². The van der Waals surface area contributed by atoms with Crippen molar-refractivity contribution in [1.82, 2.24) is 25.3 Å². The second-order valence-corrected chi connectivity index (χ2v) is 6.74. The number of aryl methyl sites for hydroxylation is 1. The first-order valence-corrected chi connectivity index (χ1v) is 9.20. The van der Waals surface area contributed by atoms with Crippen LogP contribution in [0, 0.1) is 6.92 Å². The average Bonchev–Trinajstić information content (AvgIpc) is 3.11. The third kappa shape index (κ3) is 4.89. The monoisotopic (exact) mass is 357 g/mol. The summed E-state index contributed by atoms with van der Waals surface area (Å²) in [5, 5.41) is 7.16. The molecule has 1 aliphatic heterocycles. The van der Waals surface area contributed by atoms with Crippen LogP contribution in [-0.2, 0) is 11.3 Å². The number of nitrogens with one attached hydrogen (secondary N) is 1. The molecule has 2 heterocycles. The minimum absolute atomic E-state index is 0.249. The Morgan fingerprint density at radius 3 is 2.62 bits per heavy atom. The molecular weight excluding hydrogens is 330 g/mol. The van der Waals surface area contributed by atoms with Gasteiger partial charge >= 0.3 is 0 Å². The van der Waals surface area contributed by atoms with Crippen LogP contribution in [-0.4, -0.2) is 65.6 Å². The number of carbonyl (C=O) groups excluding carboxylic acids is 1. The third-order valence-electron chi connectivity index (χ3n) is 4.68. The number of hydrogen-bond acceptors (Lipinski definition) is 6. The maximum absolute atomic E-state index is 12.2.